The van der Waals surface area contributed by atoms with E-state index < -0.39 is 0 Å². The van der Waals surface area contributed by atoms with E-state index in [1.54, 1.807) is 0 Å². The molecule has 0 amide bonds. The highest BCUT2D eigenvalue weighted by molar-refractivity contribution is 6.28. The van der Waals surface area contributed by atoms with Gasteiger partial charge in [0.1, 0.15) is 0 Å². The van der Waals surface area contributed by atoms with Crippen molar-refractivity contribution < 1.29 is 0 Å². The van der Waals surface area contributed by atoms with Gasteiger partial charge in [-0.1, -0.05) is 146 Å². The summed E-state index contributed by atoms with van der Waals surface area (Å²) < 4.78 is 2.39. The van der Waals surface area contributed by atoms with Crippen molar-refractivity contribution in [1.29, 1.82) is 0 Å². The molecule has 0 aliphatic carbocycles. The van der Waals surface area contributed by atoms with Crippen molar-refractivity contribution in [3.63, 3.8) is 0 Å². The molecule has 0 saturated carbocycles. The first-order valence-electron chi connectivity index (χ1n) is 16.5. The quantitative estimate of drug-likeness (QED) is 0.183. The third-order valence-corrected chi connectivity index (χ3v) is 9.62. The number of nitrogens with zero attached hydrogens (tertiary/aromatic N) is 4. The molecule has 0 N–H and O–H groups in total. The minimum Gasteiger partial charge on any atom is -0.309 e. The Labute approximate surface area is 282 Å². The molecule has 8 aromatic carbocycles. The fourth-order valence-electron chi connectivity index (χ4n) is 7.45. The summed E-state index contributed by atoms with van der Waals surface area (Å²) >= 11 is 0. The van der Waals surface area contributed by atoms with Crippen LogP contribution in [0, 0.1) is 0 Å². The van der Waals surface area contributed by atoms with Gasteiger partial charge in [-0.3, -0.25) is 0 Å². The van der Waals surface area contributed by atoms with Gasteiger partial charge in [0.25, 0.3) is 0 Å². The predicted molar refractivity (Wildman–Crippen MR) is 203 cm³/mol. The van der Waals surface area contributed by atoms with Crippen LogP contribution in [0.2, 0.25) is 0 Å². The lowest BCUT2D eigenvalue weighted by Gasteiger charge is -2.16. The van der Waals surface area contributed by atoms with Crippen LogP contribution in [-0.2, 0) is 0 Å². The fourth-order valence-corrected chi connectivity index (χ4v) is 7.45. The highest BCUT2D eigenvalue weighted by Gasteiger charge is 2.19. The zero-order valence-corrected chi connectivity index (χ0v) is 26.5. The van der Waals surface area contributed by atoms with Crippen LogP contribution in [0.1, 0.15) is 0 Å². The Balaban J connectivity index is 1.29. The lowest BCUT2D eigenvalue weighted by Crippen LogP contribution is -2.01. The summed E-state index contributed by atoms with van der Waals surface area (Å²) in [5.41, 5.74) is 6.41. The molecule has 0 bridgehead atoms. The van der Waals surface area contributed by atoms with E-state index in [4.69, 9.17) is 15.0 Å². The highest BCUT2D eigenvalue weighted by atomic mass is 15.0. The van der Waals surface area contributed by atoms with E-state index >= 15 is 0 Å². The Bertz CT molecular complexity index is 2760. The summed E-state index contributed by atoms with van der Waals surface area (Å²) in [6.07, 6.45) is 0. The van der Waals surface area contributed by atoms with Crippen molar-refractivity contribution in [2.75, 3.05) is 0 Å². The second kappa shape index (κ2) is 11.0. The van der Waals surface area contributed by atoms with Gasteiger partial charge < -0.3 is 4.57 Å². The lowest BCUT2D eigenvalue weighted by molar-refractivity contribution is 1.08. The molecular weight excluding hydrogens is 597 g/mol. The summed E-state index contributed by atoms with van der Waals surface area (Å²) in [6, 6.07) is 59.8. The maximum absolute atomic E-state index is 5.14. The molecule has 49 heavy (non-hydrogen) atoms. The van der Waals surface area contributed by atoms with Crippen molar-refractivity contribution >= 4 is 54.1 Å². The van der Waals surface area contributed by atoms with Gasteiger partial charge >= 0.3 is 0 Å². The summed E-state index contributed by atoms with van der Waals surface area (Å²) in [5, 5.41) is 9.58. The summed E-state index contributed by atoms with van der Waals surface area (Å²) in [6.45, 7) is 0. The Morgan fingerprint density at radius 1 is 0.327 bits per heavy atom. The molecule has 0 unspecified atom stereocenters. The van der Waals surface area contributed by atoms with E-state index in [0.29, 0.717) is 17.5 Å². The molecule has 0 aliphatic heterocycles. The molecule has 228 valence electrons. The van der Waals surface area contributed by atoms with E-state index in [1.165, 1.54) is 43.4 Å². The van der Waals surface area contributed by atoms with Crippen LogP contribution in [0.4, 0.5) is 0 Å². The SMILES string of the molecule is c1ccc(-c2nc(-c3ccccc3)nc(-c3cccc4c5cc(-n6c7ccccc7c7ccccc76)ccc5c5ccccc5c34)n2)cc1. The first-order valence-corrected chi connectivity index (χ1v) is 16.5. The summed E-state index contributed by atoms with van der Waals surface area (Å²) in [7, 11) is 0. The van der Waals surface area contributed by atoms with Crippen molar-refractivity contribution in [3.8, 4) is 39.9 Å². The third-order valence-electron chi connectivity index (χ3n) is 9.62. The van der Waals surface area contributed by atoms with Crippen LogP contribution in [0.5, 0.6) is 0 Å². The number of hydrogen-bond donors (Lipinski definition) is 0. The normalized spacial score (nSPS) is 11.7. The van der Waals surface area contributed by atoms with Gasteiger partial charge in [0.2, 0.25) is 0 Å². The van der Waals surface area contributed by atoms with Gasteiger partial charge in [-0.25, -0.2) is 15.0 Å². The molecule has 0 radical (unpaired) electrons. The van der Waals surface area contributed by atoms with Gasteiger partial charge in [0.05, 0.1) is 11.0 Å². The number of fused-ring (bicyclic) bond motifs is 9. The van der Waals surface area contributed by atoms with Crippen LogP contribution in [0.25, 0.3) is 94.0 Å². The monoisotopic (exact) mass is 624 g/mol. The Morgan fingerprint density at radius 3 is 1.43 bits per heavy atom. The first-order chi connectivity index (χ1) is 24.3. The minimum absolute atomic E-state index is 0.653. The number of aromatic nitrogens is 4. The van der Waals surface area contributed by atoms with Crippen LogP contribution >= 0.6 is 0 Å². The van der Waals surface area contributed by atoms with Crippen LogP contribution in [0.3, 0.4) is 0 Å². The molecule has 4 nitrogen and oxygen atoms in total. The minimum atomic E-state index is 0.653. The van der Waals surface area contributed by atoms with E-state index in [0.717, 1.165) is 33.2 Å². The molecule has 0 fully saturated rings. The Morgan fingerprint density at radius 2 is 0.796 bits per heavy atom. The highest BCUT2D eigenvalue weighted by Crippen LogP contribution is 2.41. The predicted octanol–water partition coefficient (Wildman–Crippen LogP) is 11.4. The summed E-state index contributed by atoms with van der Waals surface area (Å²) in [5.74, 6) is 1.96. The smallest absolute Gasteiger partial charge is 0.164 e. The van der Waals surface area contributed by atoms with Crippen molar-refractivity contribution in [1.82, 2.24) is 19.5 Å². The van der Waals surface area contributed by atoms with Gasteiger partial charge in [-0.2, -0.15) is 0 Å². The van der Waals surface area contributed by atoms with Crippen molar-refractivity contribution in [2.24, 2.45) is 0 Å². The molecule has 2 aromatic heterocycles. The second-order valence-corrected chi connectivity index (χ2v) is 12.4. The van der Waals surface area contributed by atoms with Gasteiger partial charge in [-0.15, -0.1) is 0 Å². The number of rotatable bonds is 4. The van der Waals surface area contributed by atoms with Crippen LogP contribution < -0.4 is 0 Å². The largest absolute Gasteiger partial charge is 0.309 e. The topological polar surface area (TPSA) is 43.6 Å². The lowest BCUT2D eigenvalue weighted by atomic mass is 9.91. The molecule has 0 spiro atoms. The van der Waals surface area contributed by atoms with Gasteiger partial charge in [0, 0.05) is 38.5 Å². The Hall–Kier alpha value is -6.65. The molecule has 0 saturated heterocycles. The zero-order valence-electron chi connectivity index (χ0n) is 26.5. The molecule has 10 rings (SSSR count). The number of para-hydroxylation sites is 2. The molecule has 0 aliphatic rings. The number of hydrogen-bond acceptors (Lipinski definition) is 3. The summed E-state index contributed by atoms with van der Waals surface area (Å²) in [4.78, 5) is 15.2. The Kier molecular flexibility index (Phi) is 6.15. The second-order valence-electron chi connectivity index (χ2n) is 12.4. The molecule has 4 heteroatoms. The fraction of sp³-hybridized carbons (Fsp3) is 0. The third kappa shape index (κ3) is 4.35. The first kappa shape index (κ1) is 27.5. The number of benzene rings is 8. The van der Waals surface area contributed by atoms with E-state index in [2.05, 4.69) is 138 Å². The molecule has 0 atom stereocenters. The molecule has 2 heterocycles. The maximum Gasteiger partial charge on any atom is 0.164 e. The molecule has 10 aromatic rings. The van der Waals surface area contributed by atoms with Crippen molar-refractivity contribution in [3.05, 3.63) is 170 Å². The average Bonchev–Trinajstić information content (AvgIpc) is 3.52. The average molecular weight is 625 g/mol. The van der Waals surface area contributed by atoms with Crippen LogP contribution in [0.15, 0.2) is 170 Å². The van der Waals surface area contributed by atoms with E-state index in [-0.39, 0.29) is 0 Å². The van der Waals surface area contributed by atoms with E-state index in [9.17, 15) is 0 Å². The van der Waals surface area contributed by atoms with Gasteiger partial charge in [-0.05, 0) is 51.2 Å². The standard InChI is InChI=1S/C45H28N4/c1-3-14-29(15-4-1)43-46-44(30-16-5-2-6-17-30)48-45(47-43)38-23-13-22-37-39-28-31(26-27-33(39)32-18-7-8-21-36(32)42(37)38)49-40-24-11-9-19-34(40)35-20-10-12-25-41(35)49/h1-28H. The zero-order chi connectivity index (χ0) is 32.3. The molecular formula is C45H28N4. The van der Waals surface area contributed by atoms with Crippen molar-refractivity contribution in [2.45, 2.75) is 0 Å². The maximum atomic E-state index is 5.14. The van der Waals surface area contributed by atoms with E-state index in [1.807, 2.05) is 36.4 Å². The van der Waals surface area contributed by atoms with Crippen LogP contribution in [-0.4, -0.2) is 19.5 Å². The van der Waals surface area contributed by atoms with Gasteiger partial charge in [0.15, 0.2) is 17.5 Å².